The molecule has 0 aliphatic rings. The van der Waals surface area contributed by atoms with Gasteiger partial charge < -0.3 is 11.1 Å². The summed E-state index contributed by atoms with van der Waals surface area (Å²) in [5, 5.41) is 2.90. The van der Waals surface area contributed by atoms with Gasteiger partial charge in [-0.2, -0.15) is 0 Å². The number of benzene rings is 2. The van der Waals surface area contributed by atoms with Crippen LogP contribution in [0.4, 0.5) is 5.69 Å². The molecule has 0 heterocycles. The highest BCUT2D eigenvalue weighted by Gasteiger charge is 2.25. The van der Waals surface area contributed by atoms with Crippen LogP contribution in [0, 0.1) is 5.92 Å². The zero-order valence-corrected chi connectivity index (χ0v) is 13.5. The Balaban J connectivity index is 2.25. The van der Waals surface area contributed by atoms with Crippen LogP contribution in [-0.2, 0) is 4.79 Å². The third-order valence-corrected chi connectivity index (χ3v) is 4.07. The van der Waals surface area contributed by atoms with Crippen molar-refractivity contribution in [2.24, 2.45) is 11.7 Å². The average molecular weight is 310 g/mol. The molecule has 0 spiro atoms. The molecule has 2 amide bonds. The van der Waals surface area contributed by atoms with Gasteiger partial charge in [-0.25, -0.2) is 0 Å². The summed E-state index contributed by atoms with van der Waals surface area (Å²) in [5.41, 5.74) is 7.23. The molecular weight excluding hydrogens is 288 g/mol. The van der Waals surface area contributed by atoms with E-state index in [2.05, 4.69) is 19.2 Å². The van der Waals surface area contributed by atoms with E-state index in [1.165, 1.54) is 0 Å². The molecule has 23 heavy (non-hydrogen) atoms. The maximum absolute atomic E-state index is 12.8. The number of carbonyl (C=O) groups excluding carboxylic acids is 2. The fraction of sp³-hybridized carbons (Fsp3) is 0.263. The van der Waals surface area contributed by atoms with Crippen LogP contribution in [0.3, 0.4) is 0 Å². The van der Waals surface area contributed by atoms with Gasteiger partial charge in [-0.3, -0.25) is 9.59 Å². The first-order valence-electron chi connectivity index (χ1n) is 7.78. The largest absolute Gasteiger partial charge is 0.366 e. The molecule has 2 rings (SSSR count). The molecule has 2 aromatic rings. The van der Waals surface area contributed by atoms with Gasteiger partial charge in [0.2, 0.25) is 11.8 Å². The molecule has 0 aromatic heterocycles. The summed E-state index contributed by atoms with van der Waals surface area (Å²) < 4.78 is 0. The topological polar surface area (TPSA) is 72.2 Å². The molecule has 3 N–H and O–H groups in total. The third kappa shape index (κ3) is 4.19. The third-order valence-electron chi connectivity index (χ3n) is 4.07. The molecule has 2 atom stereocenters. The van der Waals surface area contributed by atoms with Crippen molar-refractivity contribution in [1.82, 2.24) is 0 Å². The van der Waals surface area contributed by atoms with Crippen LogP contribution in [0.2, 0.25) is 0 Å². The lowest BCUT2D eigenvalue weighted by molar-refractivity contribution is -0.118. The highest BCUT2D eigenvalue weighted by molar-refractivity contribution is 5.98. The van der Waals surface area contributed by atoms with E-state index in [1.54, 1.807) is 24.3 Å². The average Bonchev–Trinajstić information content (AvgIpc) is 2.56. The summed E-state index contributed by atoms with van der Waals surface area (Å²) in [6.07, 6.45) is 0.897. The maximum atomic E-state index is 12.8. The summed E-state index contributed by atoms with van der Waals surface area (Å²) in [6, 6.07) is 16.4. The smallest absolute Gasteiger partial charge is 0.248 e. The lowest BCUT2D eigenvalue weighted by Crippen LogP contribution is -2.26. The zero-order chi connectivity index (χ0) is 16.8. The van der Waals surface area contributed by atoms with E-state index in [0.29, 0.717) is 11.3 Å². The fourth-order valence-corrected chi connectivity index (χ4v) is 2.60. The number of hydrogen-bond donors (Lipinski definition) is 2. The molecule has 0 aliphatic carbocycles. The van der Waals surface area contributed by atoms with Crippen molar-refractivity contribution >= 4 is 17.5 Å². The van der Waals surface area contributed by atoms with Crippen LogP contribution in [0.15, 0.2) is 54.6 Å². The van der Waals surface area contributed by atoms with Gasteiger partial charge >= 0.3 is 0 Å². The van der Waals surface area contributed by atoms with Gasteiger partial charge in [-0.1, -0.05) is 56.7 Å². The Bertz CT molecular complexity index is 683. The highest BCUT2D eigenvalue weighted by atomic mass is 16.2. The molecule has 0 saturated carbocycles. The minimum absolute atomic E-state index is 0.0767. The molecule has 0 fully saturated rings. The van der Waals surface area contributed by atoms with Crippen LogP contribution in [0.5, 0.6) is 0 Å². The molecular formula is C19H22N2O2. The number of rotatable bonds is 6. The normalized spacial score (nSPS) is 13.1. The van der Waals surface area contributed by atoms with E-state index in [9.17, 15) is 9.59 Å². The standard InChI is InChI=1S/C19H22N2O2/c1-3-13(2)17(14-8-5-4-6-9-14)19(23)21-16-11-7-10-15(12-16)18(20)22/h4-13,17H,3H2,1-2H3,(H2,20,22)(H,21,23)/t13-,17-/m1/s1. The second-order valence-electron chi connectivity index (χ2n) is 5.71. The molecule has 0 unspecified atom stereocenters. The van der Waals surface area contributed by atoms with Gasteiger partial charge in [0.1, 0.15) is 0 Å². The van der Waals surface area contributed by atoms with Gasteiger partial charge in [-0.05, 0) is 29.7 Å². The van der Waals surface area contributed by atoms with Gasteiger partial charge in [0.05, 0.1) is 5.92 Å². The van der Waals surface area contributed by atoms with E-state index in [-0.39, 0.29) is 17.7 Å². The van der Waals surface area contributed by atoms with Gasteiger partial charge in [0.15, 0.2) is 0 Å². The highest BCUT2D eigenvalue weighted by Crippen LogP contribution is 2.28. The summed E-state index contributed by atoms with van der Waals surface area (Å²) in [5.74, 6) is -0.620. The van der Waals surface area contributed by atoms with Crippen molar-refractivity contribution in [3.63, 3.8) is 0 Å². The Hall–Kier alpha value is -2.62. The SMILES string of the molecule is CC[C@@H](C)[C@@H](C(=O)Nc1cccc(C(N)=O)c1)c1ccccc1. The monoisotopic (exact) mass is 310 g/mol. The molecule has 120 valence electrons. The predicted octanol–water partition coefficient (Wildman–Crippen LogP) is 3.55. The molecule has 0 aliphatic heterocycles. The summed E-state index contributed by atoms with van der Waals surface area (Å²) >= 11 is 0. The Morgan fingerprint density at radius 3 is 2.39 bits per heavy atom. The summed E-state index contributed by atoms with van der Waals surface area (Å²) in [4.78, 5) is 24.0. The second-order valence-corrected chi connectivity index (χ2v) is 5.71. The Kier molecular flexibility index (Phi) is 5.52. The molecule has 0 saturated heterocycles. The second kappa shape index (κ2) is 7.58. The van der Waals surface area contributed by atoms with Crippen molar-refractivity contribution in [3.8, 4) is 0 Å². The zero-order valence-electron chi connectivity index (χ0n) is 13.5. The van der Waals surface area contributed by atoms with Crippen LogP contribution >= 0.6 is 0 Å². The quantitative estimate of drug-likeness (QED) is 0.856. The molecule has 0 bridgehead atoms. The fourth-order valence-electron chi connectivity index (χ4n) is 2.60. The van der Waals surface area contributed by atoms with Crippen LogP contribution < -0.4 is 11.1 Å². The molecule has 0 radical (unpaired) electrons. The maximum Gasteiger partial charge on any atom is 0.248 e. The van der Waals surface area contributed by atoms with Crippen molar-refractivity contribution in [1.29, 1.82) is 0 Å². The van der Waals surface area contributed by atoms with Crippen LogP contribution in [0.25, 0.3) is 0 Å². The van der Waals surface area contributed by atoms with Crippen molar-refractivity contribution in [3.05, 3.63) is 65.7 Å². The van der Waals surface area contributed by atoms with Crippen LogP contribution in [0.1, 0.15) is 42.1 Å². The Morgan fingerprint density at radius 2 is 1.78 bits per heavy atom. The lowest BCUT2D eigenvalue weighted by Gasteiger charge is -2.23. The van der Waals surface area contributed by atoms with Crippen molar-refractivity contribution in [2.45, 2.75) is 26.2 Å². The summed E-state index contributed by atoms with van der Waals surface area (Å²) in [7, 11) is 0. The van der Waals surface area contributed by atoms with E-state index < -0.39 is 5.91 Å². The van der Waals surface area contributed by atoms with Gasteiger partial charge in [-0.15, -0.1) is 0 Å². The minimum atomic E-state index is -0.511. The van der Waals surface area contributed by atoms with Crippen LogP contribution in [-0.4, -0.2) is 11.8 Å². The number of nitrogens with two attached hydrogens (primary N) is 1. The van der Waals surface area contributed by atoms with Gasteiger partial charge in [0, 0.05) is 11.3 Å². The molecule has 2 aromatic carbocycles. The van der Waals surface area contributed by atoms with E-state index in [4.69, 9.17) is 5.73 Å². The Morgan fingerprint density at radius 1 is 1.09 bits per heavy atom. The number of nitrogens with one attached hydrogen (secondary N) is 1. The first kappa shape index (κ1) is 16.7. The number of primary amides is 1. The van der Waals surface area contributed by atoms with E-state index in [0.717, 1.165) is 12.0 Å². The van der Waals surface area contributed by atoms with Crippen molar-refractivity contribution < 1.29 is 9.59 Å². The van der Waals surface area contributed by atoms with E-state index in [1.807, 2.05) is 30.3 Å². The predicted molar refractivity (Wildman–Crippen MR) is 92.2 cm³/mol. The number of amides is 2. The Labute approximate surface area is 136 Å². The molecule has 4 nitrogen and oxygen atoms in total. The first-order valence-corrected chi connectivity index (χ1v) is 7.78. The molecule has 4 heteroatoms. The van der Waals surface area contributed by atoms with E-state index >= 15 is 0 Å². The number of hydrogen-bond acceptors (Lipinski definition) is 2. The first-order chi connectivity index (χ1) is 11.0. The minimum Gasteiger partial charge on any atom is -0.366 e. The number of anilines is 1. The summed E-state index contributed by atoms with van der Waals surface area (Å²) in [6.45, 7) is 4.14. The lowest BCUT2D eigenvalue weighted by atomic mass is 9.85. The number of carbonyl (C=O) groups is 2. The van der Waals surface area contributed by atoms with Gasteiger partial charge in [0.25, 0.3) is 0 Å². The van der Waals surface area contributed by atoms with Crippen molar-refractivity contribution in [2.75, 3.05) is 5.32 Å².